The third-order valence-electron chi connectivity index (χ3n) is 5.56. The Morgan fingerprint density at radius 3 is 1.26 bits per heavy atom. The summed E-state index contributed by atoms with van der Waals surface area (Å²) < 4.78 is 0. The van der Waals surface area contributed by atoms with Gasteiger partial charge >= 0.3 is 11.9 Å². The monoisotopic (exact) mass is 446 g/mol. The first-order valence-electron chi connectivity index (χ1n) is 10.5. The second-order valence-electron chi connectivity index (χ2n) is 7.73. The van der Waals surface area contributed by atoms with E-state index in [1.54, 1.807) is 12.1 Å². The Balaban J connectivity index is 1.89. The normalized spacial score (nSPS) is 12.4. The van der Waals surface area contributed by atoms with Gasteiger partial charge in [0.1, 0.15) is 0 Å². The molecule has 0 saturated heterocycles. The largest absolute Gasteiger partial charge is 0.478 e. The third kappa shape index (κ3) is 3.89. The lowest BCUT2D eigenvalue weighted by Gasteiger charge is -2.19. The lowest BCUT2D eigenvalue weighted by Crippen LogP contribution is -2.18. The lowest BCUT2D eigenvalue weighted by atomic mass is 9.94. The number of fused-ring (bicyclic) bond motifs is 3. The molecule has 6 heteroatoms. The molecule has 0 unspecified atom stereocenters. The van der Waals surface area contributed by atoms with E-state index < -0.39 is 11.9 Å². The van der Waals surface area contributed by atoms with Crippen molar-refractivity contribution in [1.29, 1.82) is 0 Å². The number of carboxylic acids is 2. The summed E-state index contributed by atoms with van der Waals surface area (Å²) in [5, 5.41) is 19.2. The van der Waals surface area contributed by atoms with Crippen LogP contribution in [-0.2, 0) is 0 Å². The molecule has 2 N–H and O–H groups in total. The van der Waals surface area contributed by atoms with Gasteiger partial charge in [0.05, 0.1) is 33.9 Å². The number of aliphatic imine (C=N–C) groups is 2. The fourth-order valence-corrected chi connectivity index (χ4v) is 3.91. The number of aromatic carboxylic acids is 2. The summed E-state index contributed by atoms with van der Waals surface area (Å²) in [4.78, 5) is 33.3. The first-order valence-corrected chi connectivity index (χ1v) is 10.5. The smallest absolute Gasteiger partial charge is 0.335 e. The van der Waals surface area contributed by atoms with Crippen molar-refractivity contribution in [2.24, 2.45) is 9.98 Å². The van der Waals surface area contributed by atoms with Crippen LogP contribution in [0.4, 0.5) is 11.4 Å². The summed E-state index contributed by atoms with van der Waals surface area (Å²) >= 11 is 0. The topological polar surface area (TPSA) is 99.3 Å². The molecular weight excluding hydrogens is 428 g/mol. The van der Waals surface area contributed by atoms with Gasteiger partial charge in [0.15, 0.2) is 0 Å². The predicted molar refractivity (Wildman–Crippen MR) is 131 cm³/mol. The second-order valence-corrected chi connectivity index (χ2v) is 7.73. The molecule has 0 aliphatic carbocycles. The molecule has 0 atom stereocenters. The van der Waals surface area contributed by atoms with E-state index in [0.717, 1.165) is 11.1 Å². The van der Waals surface area contributed by atoms with Crippen molar-refractivity contribution in [3.8, 4) is 11.1 Å². The summed E-state index contributed by atoms with van der Waals surface area (Å²) in [6.45, 7) is 0. The predicted octanol–water partition coefficient (Wildman–Crippen LogP) is 6.01. The van der Waals surface area contributed by atoms with E-state index in [1.165, 1.54) is 24.3 Å². The van der Waals surface area contributed by atoms with Crippen LogP contribution in [0.15, 0.2) is 107 Å². The number of carbonyl (C=O) groups is 2. The van der Waals surface area contributed by atoms with Gasteiger partial charge in [-0.2, -0.15) is 0 Å². The van der Waals surface area contributed by atoms with Gasteiger partial charge in [-0.25, -0.2) is 19.6 Å². The molecular formula is C28H18N2O4. The highest BCUT2D eigenvalue weighted by atomic mass is 16.4. The average molecular weight is 446 g/mol. The van der Waals surface area contributed by atoms with Crippen LogP contribution in [0, 0.1) is 0 Å². The Morgan fingerprint density at radius 1 is 0.529 bits per heavy atom. The van der Waals surface area contributed by atoms with Crippen molar-refractivity contribution in [2.45, 2.75) is 0 Å². The van der Waals surface area contributed by atoms with Crippen molar-refractivity contribution in [3.05, 3.63) is 119 Å². The van der Waals surface area contributed by atoms with E-state index in [1.807, 2.05) is 60.7 Å². The van der Waals surface area contributed by atoms with Gasteiger partial charge in [0.25, 0.3) is 0 Å². The zero-order valence-corrected chi connectivity index (χ0v) is 17.8. The first-order chi connectivity index (χ1) is 16.5. The number of benzene rings is 4. The summed E-state index contributed by atoms with van der Waals surface area (Å²) in [7, 11) is 0. The Hall–Kier alpha value is -4.84. The average Bonchev–Trinajstić information content (AvgIpc) is 2.85. The highest BCUT2D eigenvalue weighted by Gasteiger charge is 2.22. The van der Waals surface area contributed by atoms with Gasteiger partial charge in [-0.1, -0.05) is 72.8 Å². The SMILES string of the molecule is O=C(O)c1ccc2c(c1)N=C(c1ccccc1)C(c1ccccc1)=Nc1cc(C(=O)O)ccc1-2. The van der Waals surface area contributed by atoms with E-state index in [4.69, 9.17) is 9.98 Å². The summed E-state index contributed by atoms with van der Waals surface area (Å²) in [5.41, 5.74) is 5.20. The molecule has 1 aliphatic rings. The maximum Gasteiger partial charge on any atom is 0.335 e. The highest BCUT2D eigenvalue weighted by molar-refractivity contribution is 6.54. The summed E-state index contributed by atoms with van der Waals surface area (Å²) in [5.74, 6) is -2.11. The minimum Gasteiger partial charge on any atom is -0.478 e. The van der Waals surface area contributed by atoms with Crippen LogP contribution in [0.25, 0.3) is 11.1 Å². The zero-order valence-electron chi connectivity index (χ0n) is 17.8. The van der Waals surface area contributed by atoms with Gasteiger partial charge in [0, 0.05) is 22.3 Å². The minimum atomic E-state index is -1.06. The highest BCUT2D eigenvalue weighted by Crippen LogP contribution is 2.40. The lowest BCUT2D eigenvalue weighted by molar-refractivity contribution is 0.0686. The molecule has 0 aromatic heterocycles. The maximum atomic E-state index is 11.7. The molecule has 5 rings (SSSR count). The fraction of sp³-hybridized carbons (Fsp3) is 0. The van der Waals surface area contributed by atoms with E-state index in [2.05, 4.69) is 0 Å². The van der Waals surface area contributed by atoms with Crippen LogP contribution in [0.2, 0.25) is 0 Å². The van der Waals surface area contributed by atoms with Crippen LogP contribution >= 0.6 is 0 Å². The molecule has 4 aromatic carbocycles. The molecule has 6 nitrogen and oxygen atoms in total. The summed E-state index contributed by atoms with van der Waals surface area (Å²) in [6.07, 6.45) is 0. The third-order valence-corrected chi connectivity index (χ3v) is 5.56. The quantitative estimate of drug-likeness (QED) is 0.401. The number of rotatable bonds is 4. The number of hydrogen-bond donors (Lipinski definition) is 2. The molecule has 0 saturated carbocycles. The molecule has 34 heavy (non-hydrogen) atoms. The van der Waals surface area contributed by atoms with E-state index in [9.17, 15) is 19.8 Å². The van der Waals surface area contributed by atoms with Gasteiger partial charge < -0.3 is 10.2 Å². The van der Waals surface area contributed by atoms with Crippen LogP contribution < -0.4 is 0 Å². The fourth-order valence-electron chi connectivity index (χ4n) is 3.91. The van der Waals surface area contributed by atoms with Crippen LogP contribution in [-0.4, -0.2) is 33.6 Å². The van der Waals surface area contributed by atoms with Gasteiger partial charge in [-0.05, 0) is 24.3 Å². The number of hydrogen-bond acceptors (Lipinski definition) is 4. The van der Waals surface area contributed by atoms with Crippen LogP contribution in [0.5, 0.6) is 0 Å². The Labute approximate surface area is 195 Å². The maximum absolute atomic E-state index is 11.7. The molecule has 0 radical (unpaired) electrons. The Bertz CT molecular complexity index is 1370. The second kappa shape index (κ2) is 8.60. The number of nitrogens with zero attached hydrogens (tertiary/aromatic N) is 2. The van der Waals surface area contributed by atoms with Gasteiger partial charge in [-0.15, -0.1) is 0 Å². The molecule has 0 amide bonds. The van der Waals surface area contributed by atoms with E-state index >= 15 is 0 Å². The Kier molecular flexibility index (Phi) is 5.32. The minimum absolute atomic E-state index is 0.109. The van der Waals surface area contributed by atoms with E-state index in [-0.39, 0.29) is 11.1 Å². The Morgan fingerprint density at radius 2 is 0.912 bits per heavy atom. The van der Waals surface area contributed by atoms with Gasteiger partial charge in [0.2, 0.25) is 0 Å². The van der Waals surface area contributed by atoms with Crippen LogP contribution in [0.1, 0.15) is 31.8 Å². The van der Waals surface area contributed by atoms with Crippen molar-refractivity contribution in [1.82, 2.24) is 0 Å². The van der Waals surface area contributed by atoms with Crippen molar-refractivity contribution in [3.63, 3.8) is 0 Å². The molecule has 164 valence electrons. The van der Waals surface area contributed by atoms with Crippen LogP contribution in [0.3, 0.4) is 0 Å². The molecule has 1 heterocycles. The molecule has 0 spiro atoms. The molecule has 1 aliphatic heterocycles. The molecule has 0 fully saturated rings. The van der Waals surface area contributed by atoms with Crippen molar-refractivity contribution >= 4 is 34.7 Å². The van der Waals surface area contributed by atoms with Crippen molar-refractivity contribution in [2.75, 3.05) is 0 Å². The van der Waals surface area contributed by atoms with Crippen molar-refractivity contribution < 1.29 is 19.8 Å². The van der Waals surface area contributed by atoms with E-state index in [0.29, 0.717) is 33.9 Å². The zero-order chi connectivity index (χ0) is 23.7. The number of carboxylic acid groups (broad SMARTS) is 2. The summed E-state index contributed by atoms with van der Waals surface area (Å²) in [6, 6.07) is 28.5. The molecule has 0 bridgehead atoms. The first kappa shape index (κ1) is 21.0. The standard InChI is InChI=1S/C28H18N2O4/c31-27(32)19-11-13-21-22-14-12-20(28(33)34)16-24(22)30-26(18-9-5-2-6-10-18)25(29-23(21)15-19)17-7-3-1-4-8-17/h1-16H,(H,31,32)(H,33,34). The van der Waals surface area contributed by atoms with Gasteiger partial charge in [-0.3, -0.25) is 0 Å². The molecule has 4 aromatic rings.